The average molecular weight is 464 g/mol. The number of aromatic nitrogens is 4. The third-order valence-corrected chi connectivity index (χ3v) is 6.64. The summed E-state index contributed by atoms with van der Waals surface area (Å²) in [5, 5.41) is 26.6. The molecule has 34 heavy (non-hydrogen) atoms. The van der Waals surface area contributed by atoms with Crippen LogP contribution < -0.4 is 10.1 Å². The fourth-order valence-electron chi connectivity index (χ4n) is 5.09. The molecule has 4 rings (SSSR count). The van der Waals surface area contributed by atoms with Crippen LogP contribution in [0.25, 0.3) is 0 Å². The lowest BCUT2D eigenvalue weighted by Gasteiger charge is -2.53. The largest absolute Gasteiger partial charge is 0.481 e. The Morgan fingerprint density at radius 2 is 1.88 bits per heavy atom. The highest BCUT2D eigenvalue weighted by Crippen LogP contribution is 2.56. The number of amides is 1. The Morgan fingerprint density at radius 3 is 2.53 bits per heavy atom. The number of aliphatic carboxylic acids is 1. The maximum atomic E-state index is 13.4. The van der Waals surface area contributed by atoms with Crippen LogP contribution >= 0.6 is 0 Å². The number of carboxylic acids is 1. The molecule has 1 aromatic heterocycles. The Morgan fingerprint density at radius 1 is 1.15 bits per heavy atom. The Bertz CT molecular complexity index is 1090. The van der Waals surface area contributed by atoms with Crippen LogP contribution in [0.4, 0.5) is 0 Å². The molecule has 3 aromatic rings. The first-order chi connectivity index (χ1) is 16.5. The van der Waals surface area contributed by atoms with E-state index in [1.165, 1.54) is 0 Å². The van der Waals surface area contributed by atoms with Crippen LogP contribution in [-0.2, 0) is 22.6 Å². The number of rotatable bonds is 11. The molecule has 3 unspecified atom stereocenters. The van der Waals surface area contributed by atoms with Crippen molar-refractivity contribution in [2.75, 3.05) is 0 Å². The van der Waals surface area contributed by atoms with E-state index in [0.29, 0.717) is 37.4 Å². The van der Waals surface area contributed by atoms with Gasteiger partial charge in [-0.15, -0.1) is 10.2 Å². The van der Waals surface area contributed by atoms with E-state index in [2.05, 4.69) is 25.9 Å². The maximum Gasteiger partial charge on any atom is 0.303 e. The highest BCUT2D eigenvalue weighted by molar-refractivity contribution is 5.85. The van der Waals surface area contributed by atoms with Crippen LogP contribution in [0.2, 0.25) is 0 Å². The number of ether oxygens (including phenoxy) is 1. The Hall–Kier alpha value is -3.75. The van der Waals surface area contributed by atoms with Crippen molar-refractivity contribution in [3.63, 3.8) is 0 Å². The lowest BCUT2D eigenvalue weighted by Crippen LogP contribution is -2.58. The fourth-order valence-corrected chi connectivity index (χ4v) is 5.09. The third-order valence-electron chi connectivity index (χ3n) is 6.64. The van der Waals surface area contributed by atoms with Gasteiger partial charge in [0.2, 0.25) is 5.91 Å². The van der Waals surface area contributed by atoms with E-state index in [1.54, 1.807) is 0 Å². The predicted molar refractivity (Wildman–Crippen MR) is 124 cm³/mol. The summed E-state index contributed by atoms with van der Waals surface area (Å²) in [5.41, 5.74) is 0.246. The first-order valence-electron chi connectivity index (χ1n) is 11.5. The molecule has 1 aliphatic rings. The first kappa shape index (κ1) is 23.4. The summed E-state index contributed by atoms with van der Waals surface area (Å²) in [6.45, 7) is 2.38. The fraction of sp³-hybridized carbons (Fsp3) is 0.400. The Kier molecular flexibility index (Phi) is 7.20. The topological polar surface area (TPSA) is 130 Å². The van der Waals surface area contributed by atoms with Gasteiger partial charge in [0.05, 0.1) is 5.41 Å². The number of nitrogens with one attached hydrogen (secondary N) is 2. The zero-order valence-electron chi connectivity index (χ0n) is 19.1. The van der Waals surface area contributed by atoms with E-state index in [1.807, 2.05) is 61.5 Å². The summed E-state index contributed by atoms with van der Waals surface area (Å²) in [6, 6.07) is 17.1. The van der Waals surface area contributed by atoms with Gasteiger partial charge in [0.25, 0.3) is 0 Å². The monoisotopic (exact) mass is 463 g/mol. The number of carboxylic acid groups (broad SMARTS) is 1. The molecule has 178 valence electrons. The number of nitrogens with zero attached hydrogens (tertiary/aromatic N) is 3. The van der Waals surface area contributed by atoms with Gasteiger partial charge in [-0.3, -0.25) is 9.59 Å². The zero-order valence-corrected chi connectivity index (χ0v) is 19.1. The molecule has 1 heterocycles. The average Bonchev–Trinajstić information content (AvgIpc) is 3.35. The molecule has 0 spiro atoms. The lowest BCUT2D eigenvalue weighted by molar-refractivity contribution is -0.158. The third kappa shape index (κ3) is 5.24. The second-order valence-corrected chi connectivity index (χ2v) is 8.85. The second-order valence-electron chi connectivity index (χ2n) is 8.85. The van der Waals surface area contributed by atoms with Crippen molar-refractivity contribution in [1.29, 1.82) is 0 Å². The van der Waals surface area contributed by atoms with Crippen molar-refractivity contribution in [2.45, 2.75) is 45.6 Å². The number of aromatic amines is 1. The van der Waals surface area contributed by atoms with Gasteiger partial charge in [0.15, 0.2) is 5.82 Å². The molecule has 9 heteroatoms. The number of carbonyl (C=O) groups excluding carboxylic acids is 1. The predicted octanol–water partition coefficient (Wildman–Crippen LogP) is 3.75. The van der Waals surface area contributed by atoms with Crippen molar-refractivity contribution in [3.8, 4) is 11.5 Å². The molecule has 0 saturated heterocycles. The normalized spacial score (nSPS) is 21.4. The van der Waals surface area contributed by atoms with Crippen LogP contribution in [0.5, 0.6) is 11.5 Å². The Balaban J connectivity index is 1.40. The number of para-hydroxylation sites is 1. The van der Waals surface area contributed by atoms with Gasteiger partial charge < -0.3 is 15.2 Å². The summed E-state index contributed by atoms with van der Waals surface area (Å²) in [7, 11) is 0. The highest BCUT2D eigenvalue weighted by atomic mass is 16.5. The molecule has 1 saturated carbocycles. The maximum absolute atomic E-state index is 13.4. The first-order valence-corrected chi connectivity index (χ1v) is 11.5. The van der Waals surface area contributed by atoms with Crippen molar-refractivity contribution in [3.05, 3.63) is 66.0 Å². The van der Waals surface area contributed by atoms with E-state index < -0.39 is 11.4 Å². The molecule has 2 aromatic carbocycles. The minimum Gasteiger partial charge on any atom is -0.481 e. The van der Waals surface area contributed by atoms with Gasteiger partial charge >= 0.3 is 5.97 Å². The molecule has 0 radical (unpaired) electrons. The standard InChI is InChI=1S/C25H29N5O4/c1-2-12-25(15-18(21(25)14-23(31)32)13-22-27-29-30-28-22)24(33)26-16-17-8-10-20(11-9-17)34-19-6-4-3-5-7-19/h3-11,18,21H,2,12-16H2,1H3,(H,26,33)(H,31,32)(H,27,28,29,30). The van der Waals surface area contributed by atoms with E-state index in [0.717, 1.165) is 17.7 Å². The van der Waals surface area contributed by atoms with E-state index in [-0.39, 0.29) is 24.2 Å². The summed E-state index contributed by atoms with van der Waals surface area (Å²) in [4.78, 5) is 25.0. The van der Waals surface area contributed by atoms with Crippen molar-refractivity contribution < 1.29 is 19.4 Å². The molecule has 3 N–H and O–H groups in total. The molecule has 1 aliphatic carbocycles. The smallest absolute Gasteiger partial charge is 0.303 e. The number of hydrogen-bond acceptors (Lipinski definition) is 6. The highest BCUT2D eigenvalue weighted by Gasteiger charge is 2.58. The van der Waals surface area contributed by atoms with Crippen LogP contribution in [0.1, 0.15) is 44.0 Å². The van der Waals surface area contributed by atoms with Gasteiger partial charge in [-0.1, -0.05) is 48.9 Å². The summed E-state index contributed by atoms with van der Waals surface area (Å²) >= 11 is 0. The lowest BCUT2D eigenvalue weighted by atomic mass is 9.49. The molecule has 1 amide bonds. The van der Waals surface area contributed by atoms with Gasteiger partial charge in [0, 0.05) is 19.4 Å². The molecule has 0 bridgehead atoms. The van der Waals surface area contributed by atoms with Crippen LogP contribution in [0.15, 0.2) is 54.6 Å². The van der Waals surface area contributed by atoms with Gasteiger partial charge in [-0.2, -0.15) is 5.21 Å². The minimum atomic E-state index is -0.898. The van der Waals surface area contributed by atoms with Gasteiger partial charge in [-0.25, -0.2) is 0 Å². The van der Waals surface area contributed by atoms with Gasteiger partial charge in [-0.05, 0) is 54.5 Å². The van der Waals surface area contributed by atoms with Crippen LogP contribution in [0.3, 0.4) is 0 Å². The van der Waals surface area contributed by atoms with E-state index >= 15 is 0 Å². The summed E-state index contributed by atoms with van der Waals surface area (Å²) < 4.78 is 5.82. The number of tetrazole rings is 1. The molecular formula is C25H29N5O4. The number of H-pyrrole nitrogens is 1. The quantitative estimate of drug-likeness (QED) is 0.395. The second kappa shape index (κ2) is 10.5. The van der Waals surface area contributed by atoms with Gasteiger partial charge in [0.1, 0.15) is 11.5 Å². The van der Waals surface area contributed by atoms with E-state index in [4.69, 9.17) is 4.74 Å². The van der Waals surface area contributed by atoms with Crippen molar-refractivity contribution in [1.82, 2.24) is 25.9 Å². The van der Waals surface area contributed by atoms with Crippen LogP contribution in [-0.4, -0.2) is 37.6 Å². The van der Waals surface area contributed by atoms with Crippen LogP contribution in [0, 0.1) is 17.3 Å². The molecule has 9 nitrogen and oxygen atoms in total. The summed E-state index contributed by atoms with van der Waals surface area (Å²) in [5.74, 6) is 0.789. The Labute approximate surface area is 197 Å². The summed E-state index contributed by atoms with van der Waals surface area (Å²) in [6.07, 6.45) is 2.51. The molecule has 3 atom stereocenters. The number of benzene rings is 2. The van der Waals surface area contributed by atoms with Crippen molar-refractivity contribution >= 4 is 11.9 Å². The number of carbonyl (C=O) groups is 2. The zero-order chi connectivity index (χ0) is 24.0. The van der Waals surface area contributed by atoms with E-state index in [9.17, 15) is 14.7 Å². The minimum absolute atomic E-state index is 0.0282. The molecule has 0 aliphatic heterocycles. The molecule has 1 fully saturated rings. The van der Waals surface area contributed by atoms with Crippen molar-refractivity contribution in [2.24, 2.45) is 17.3 Å². The SMILES string of the molecule is CCCC1(C(=O)NCc2ccc(Oc3ccccc3)cc2)CC(Cc2nn[nH]n2)C1CC(=O)O. The molecular weight excluding hydrogens is 434 g/mol. The number of hydrogen-bond donors (Lipinski definition) is 3.